The Kier molecular flexibility index (Phi) is 9.61. The molecule has 10 heteroatoms. The molecule has 0 heterocycles. The van der Waals surface area contributed by atoms with Crippen molar-refractivity contribution in [1.29, 1.82) is 0 Å². The van der Waals surface area contributed by atoms with Crippen LogP contribution in [0.15, 0.2) is 0 Å². The third-order valence-corrected chi connectivity index (χ3v) is 4.66. The Hall–Kier alpha value is -0.670. The summed E-state index contributed by atoms with van der Waals surface area (Å²) in [4.78, 5) is 11.0. The monoisotopic (exact) mass is 400 g/mol. The van der Waals surface area contributed by atoms with E-state index in [1.807, 2.05) is 13.8 Å². The normalized spacial score (nSPS) is 14.8. The molecule has 2 nitrogen and oxygen atoms in total. The first-order valence-electron chi connectivity index (χ1n) is 7.85. The minimum absolute atomic E-state index is 0.0517. The lowest BCUT2D eigenvalue weighted by atomic mass is 9.95. The molecular formula is C15H23F7O2S. The second-order valence-corrected chi connectivity index (χ2v) is 7.52. The number of alkyl halides is 7. The number of rotatable bonds is 12. The molecule has 1 atom stereocenters. The Morgan fingerprint density at radius 1 is 1.00 bits per heavy atom. The first kappa shape index (κ1) is 24.3. The lowest BCUT2D eigenvalue weighted by Gasteiger charge is -2.28. The molecule has 0 rings (SSSR count). The Balaban J connectivity index is 4.09. The molecule has 0 bridgehead atoms. The molecule has 150 valence electrons. The van der Waals surface area contributed by atoms with Crippen LogP contribution in [0.1, 0.15) is 46.0 Å². The van der Waals surface area contributed by atoms with E-state index >= 15 is 0 Å². The molecule has 0 fully saturated rings. The van der Waals surface area contributed by atoms with Gasteiger partial charge in [0.15, 0.2) is 0 Å². The molecule has 1 unspecified atom stereocenters. The molecule has 0 aromatic rings. The van der Waals surface area contributed by atoms with Crippen molar-refractivity contribution in [2.45, 2.75) is 64.0 Å². The lowest BCUT2D eigenvalue weighted by Crippen LogP contribution is -2.51. The van der Waals surface area contributed by atoms with Crippen LogP contribution in [-0.4, -0.2) is 40.6 Å². The van der Waals surface area contributed by atoms with Gasteiger partial charge in [-0.2, -0.15) is 42.5 Å². The molecule has 1 N–H and O–H groups in total. The van der Waals surface area contributed by atoms with Crippen molar-refractivity contribution in [3.8, 4) is 0 Å². The number of hydrogen-bond donors (Lipinski definition) is 1. The summed E-state index contributed by atoms with van der Waals surface area (Å²) in [6.07, 6.45) is -7.36. The van der Waals surface area contributed by atoms with E-state index in [1.54, 1.807) is 0 Å². The zero-order valence-corrected chi connectivity index (χ0v) is 14.8. The van der Waals surface area contributed by atoms with Gasteiger partial charge in [0.1, 0.15) is 0 Å². The van der Waals surface area contributed by atoms with Crippen LogP contribution in [0.2, 0.25) is 0 Å². The van der Waals surface area contributed by atoms with Gasteiger partial charge in [-0.05, 0) is 43.1 Å². The van der Waals surface area contributed by atoms with Crippen molar-refractivity contribution >= 4 is 17.7 Å². The lowest BCUT2D eigenvalue weighted by molar-refractivity contribution is -0.355. The van der Waals surface area contributed by atoms with Gasteiger partial charge in [-0.3, -0.25) is 4.79 Å². The average Bonchev–Trinajstić information content (AvgIpc) is 2.42. The highest BCUT2D eigenvalue weighted by Gasteiger charge is 2.72. The first-order valence-corrected chi connectivity index (χ1v) is 9.00. The first-order chi connectivity index (χ1) is 11.2. The number of aliphatic carboxylic acids is 1. The van der Waals surface area contributed by atoms with Crippen molar-refractivity contribution in [1.82, 2.24) is 0 Å². The van der Waals surface area contributed by atoms with Crippen molar-refractivity contribution in [2.24, 2.45) is 11.8 Å². The SMILES string of the molecule is CC(C)CC(CCSCCCCC(F)(F)C(F)(F)C(F)(F)F)C(=O)O. The van der Waals surface area contributed by atoms with E-state index in [0.717, 1.165) is 0 Å². The van der Waals surface area contributed by atoms with Crippen LogP contribution in [0, 0.1) is 11.8 Å². The van der Waals surface area contributed by atoms with Crippen LogP contribution < -0.4 is 0 Å². The van der Waals surface area contributed by atoms with Gasteiger partial charge in [-0.1, -0.05) is 13.8 Å². The molecule has 0 aromatic carbocycles. The summed E-state index contributed by atoms with van der Waals surface area (Å²) in [7, 11) is 0. The fourth-order valence-corrected chi connectivity index (χ4v) is 3.22. The third-order valence-electron chi connectivity index (χ3n) is 3.56. The van der Waals surface area contributed by atoms with Crippen LogP contribution in [0.4, 0.5) is 30.7 Å². The van der Waals surface area contributed by atoms with Crippen LogP contribution >= 0.6 is 11.8 Å². The molecule has 0 aliphatic carbocycles. The molecule has 0 radical (unpaired) electrons. The van der Waals surface area contributed by atoms with E-state index in [4.69, 9.17) is 5.11 Å². The predicted molar refractivity (Wildman–Crippen MR) is 82.3 cm³/mol. The number of carboxylic acid groups (broad SMARTS) is 1. The minimum atomic E-state index is -6.28. The second kappa shape index (κ2) is 9.87. The Morgan fingerprint density at radius 2 is 1.56 bits per heavy atom. The topological polar surface area (TPSA) is 37.3 Å². The Labute approximate surface area is 146 Å². The standard InChI is InChI=1S/C15H23F7O2S/c1-10(2)9-11(12(23)24)5-8-25-7-4-3-6-13(16,17)14(18,19)15(20,21)22/h10-11H,3-9H2,1-2H3,(H,23,24). The molecular weight excluding hydrogens is 377 g/mol. The third kappa shape index (κ3) is 8.04. The summed E-state index contributed by atoms with van der Waals surface area (Å²) in [6.45, 7) is 3.78. The van der Waals surface area contributed by atoms with E-state index in [0.29, 0.717) is 24.3 Å². The molecule has 0 aromatic heterocycles. The summed E-state index contributed by atoms with van der Waals surface area (Å²) in [6, 6.07) is 0. The highest BCUT2D eigenvalue weighted by atomic mass is 32.2. The molecule has 0 saturated carbocycles. The van der Waals surface area contributed by atoms with Crippen LogP contribution in [0.3, 0.4) is 0 Å². The van der Waals surface area contributed by atoms with E-state index in [9.17, 15) is 35.5 Å². The largest absolute Gasteiger partial charge is 0.481 e. The summed E-state index contributed by atoms with van der Waals surface area (Å²) in [5.74, 6) is -11.6. The fourth-order valence-electron chi connectivity index (χ4n) is 2.15. The molecule has 0 aliphatic rings. The van der Waals surface area contributed by atoms with Gasteiger partial charge < -0.3 is 5.11 Å². The van der Waals surface area contributed by atoms with E-state index in [2.05, 4.69) is 0 Å². The number of halogens is 7. The maximum absolute atomic E-state index is 13.0. The maximum atomic E-state index is 13.0. The molecule has 25 heavy (non-hydrogen) atoms. The van der Waals surface area contributed by atoms with Crippen LogP contribution in [0.25, 0.3) is 0 Å². The van der Waals surface area contributed by atoms with Crippen LogP contribution in [-0.2, 0) is 4.79 Å². The van der Waals surface area contributed by atoms with E-state index in [1.165, 1.54) is 11.8 Å². The van der Waals surface area contributed by atoms with Crippen molar-refractivity contribution in [2.75, 3.05) is 11.5 Å². The number of carbonyl (C=O) groups is 1. The minimum Gasteiger partial charge on any atom is -0.481 e. The Bertz CT molecular complexity index is 411. The highest BCUT2D eigenvalue weighted by Crippen LogP contribution is 2.48. The number of unbranched alkanes of at least 4 members (excludes halogenated alkanes) is 1. The van der Waals surface area contributed by atoms with Gasteiger partial charge in [0.2, 0.25) is 0 Å². The van der Waals surface area contributed by atoms with E-state index < -0.39 is 42.8 Å². The zero-order valence-electron chi connectivity index (χ0n) is 14.0. The quantitative estimate of drug-likeness (QED) is 0.329. The van der Waals surface area contributed by atoms with Gasteiger partial charge in [0.25, 0.3) is 0 Å². The molecule has 0 aliphatic heterocycles. The van der Waals surface area contributed by atoms with Gasteiger partial charge in [0.05, 0.1) is 5.92 Å². The number of hydrogen-bond acceptors (Lipinski definition) is 2. The smallest absolute Gasteiger partial charge is 0.459 e. The highest BCUT2D eigenvalue weighted by molar-refractivity contribution is 7.99. The summed E-state index contributed by atoms with van der Waals surface area (Å²) < 4.78 is 87.3. The second-order valence-electron chi connectivity index (χ2n) is 6.30. The van der Waals surface area contributed by atoms with Crippen LogP contribution in [0.5, 0.6) is 0 Å². The molecule has 0 spiro atoms. The maximum Gasteiger partial charge on any atom is 0.459 e. The number of thioether (sulfide) groups is 1. The Morgan fingerprint density at radius 3 is 2.00 bits per heavy atom. The van der Waals surface area contributed by atoms with Gasteiger partial charge in [-0.25, -0.2) is 0 Å². The molecule has 0 saturated heterocycles. The van der Waals surface area contributed by atoms with Gasteiger partial charge in [-0.15, -0.1) is 0 Å². The fraction of sp³-hybridized carbons (Fsp3) is 0.933. The average molecular weight is 400 g/mol. The van der Waals surface area contributed by atoms with Crippen molar-refractivity contribution in [3.63, 3.8) is 0 Å². The van der Waals surface area contributed by atoms with Crippen molar-refractivity contribution < 1.29 is 40.6 Å². The van der Waals surface area contributed by atoms with E-state index in [-0.39, 0.29) is 12.3 Å². The summed E-state index contributed by atoms with van der Waals surface area (Å²) >= 11 is 1.27. The summed E-state index contributed by atoms with van der Waals surface area (Å²) in [5, 5.41) is 9.04. The van der Waals surface area contributed by atoms with Crippen molar-refractivity contribution in [3.05, 3.63) is 0 Å². The number of carboxylic acids is 1. The summed E-state index contributed by atoms with van der Waals surface area (Å²) in [5.41, 5.74) is 0. The zero-order chi connectivity index (χ0) is 19.9. The van der Waals surface area contributed by atoms with Gasteiger partial charge >= 0.3 is 24.0 Å². The van der Waals surface area contributed by atoms with Gasteiger partial charge in [0, 0.05) is 6.42 Å². The molecule has 0 amide bonds. The predicted octanol–water partition coefficient (Wildman–Crippen LogP) is 5.86.